The van der Waals surface area contributed by atoms with Crippen LogP contribution in [0.15, 0.2) is 65.6 Å². The molecule has 10 heteroatoms. The Morgan fingerprint density at radius 3 is 2.32 bits per heavy atom. The quantitative estimate of drug-likeness (QED) is 0.466. The molecule has 4 aromatic rings. The van der Waals surface area contributed by atoms with Crippen LogP contribution in [0.1, 0.15) is 12.5 Å². The Bertz CT molecular complexity index is 1410. The van der Waals surface area contributed by atoms with Crippen LogP contribution in [0.25, 0.3) is 16.7 Å². The molecule has 34 heavy (non-hydrogen) atoms. The number of hydrogen-bond acceptors (Lipinski definition) is 6. The molecule has 1 amide bonds. The van der Waals surface area contributed by atoms with Gasteiger partial charge in [-0.15, -0.1) is 0 Å². The van der Waals surface area contributed by atoms with E-state index in [1.807, 2.05) is 12.1 Å². The lowest BCUT2D eigenvalue weighted by atomic mass is 10.2. The van der Waals surface area contributed by atoms with Gasteiger partial charge in [0.25, 0.3) is 0 Å². The third-order valence-electron chi connectivity index (χ3n) is 6.00. The summed E-state index contributed by atoms with van der Waals surface area (Å²) < 4.78 is 14.2. The summed E-state index contributed by atoms with van der Waals surface area (Å²) in [4.78, 5) is 30.4. The van der Waals surface area contributed by atoms with Crippen LogP contribution in [-0.4, -0.2) is 50.4 Å². The second-order valence-electron chi connectivity index (χ2n) is 7.99. The second kappa shape index (κ2) is 8.47. The van der Waals surface area contributed by atoms with Crippen molar-refractivity contribution in [3.8, 4) is 22.9 Å². The molecule has 1 aliphatic heterocycles. The average Bonchev–Trinajstić information content (AvgIpc) is 3.43. The number of rotatable bonds is 5. The van der Waals surface area contributed by atoms with Gasteiger partial charge < -0.3 is 25.2 Å². The van der Waals surface area contributed by atoms with Gasteiger partial charge in [0.15, 0.2) is 0 Å². The van der Waals surface area contributed by atoms with E-state index in [9.17, 15) is 14.7 Å². The molecule has 2 aromatic carbocycles. The highest BCUT2D eigenvalue weighted by molar-refractivity contribution is 5.87. The number of imidazole rings is 1. The van der Waals surface area contributed by atoms with Crippen molar-refractivity contribution in [1.29, 1.82) is 0 Å². The van der Waals surface area contributed by atoms with Crippen LogP contribution in [0.4, 0.5) is 10.6 Å². The first kappa shape index (κ1) is 21.4. The van der Waals surface area contributed by atoms with E-state index in [0.717, 1.165) is 5.75 Å². The van der Waals surface area contributed by atoms with Gasteiger partial charge in [-0.2, -0.15) is 0 Å². The van der Waals surface area contributed by atoms with Crippen LogP contribution in [0.2, 0.25) is 0 Å². The number of carboxylic acid groups (broad SMARTS) is 1. The van der Waals surface area contributed by atoms with Gasteiger partial charge in [0.05, 0.1) is 24.4 Å². The molecule has 2 aromatic heterocycles. The summed E-state index contributed by atoms with van der Waals surface area (Å²) in [6.45, 7) is 0.613. The number of benzene rings is 2. The van der Waals surface area contributed by atoms with Crippen LogP contribution in [0.3, 0.4) is 0 Å². The number of nitrogens with zero attached hydrogens (tertiary/aromatic N) is 4. The zero-order valence-corrected chi connectivity index (χ0v) is 18.4. The molecule has 0 radical (unpaired) electrons. The summed E-state index contributed by atoms with van der Waals surface area (Å²) in [5.41, 5.74) is 7.60. The van der Waals surface area contributed by atoms with E-state index in [0.29, 0.717) is 41.2 Å². The van der Waals surface area contributed by atoms with Crippen LogP contribution >= 0.6 is 0 Å². The molecular weight excluding hydrogens is 438 g/mol. The standard InChI is InChI=1S/C24H23N5O5/c1-33-17-6-8-19(9-7-17)34-18-4-2-15(3-5-18)29-21-20(10-12-26-22(21)25)28(23(29)30)16-11-13-27(14-16)24(31)32/h2-10,12,16H,11,13-14H2,1H3,(H2,25,26)(H,31,32)/t16-/m1/s1. The number of anilines is 1. The van der Waals surface area contributed by atoms with E-state index in [-0.39, 0.29) is 24.1 Å². The first-order chi connectivity index (χ1) is 16.5. The Labute approximate surface area is 194 Å². The molecule has 1 fully saturated rings. The number of amides is 1. The highest BCUT2D eigenvalue weighted by Crippen LogP contribution is 2.30. The van der Waals surface area contributed by atoms with Gasteiger partial charge in [-0.1, -0.05) is 0 Å². The number of ether oxygens (including phenoxy) is 2. The lowest BCUT2D eigenvalue weighted by Gasteiger charge is -2.13. The number of nitrogen functional groups attached to an aromatic ring is 1. The second-order valence-corrected chi connectivity index (χ2v) is 7.99. The third kappa shape index (κ3) is 3.68. The average molecular weight is 461 g/mol. The van der Waals surface area contributed by atoms with Gasteiger partial charge in [0.1, 0.15) is 28.6 Å². The maximum absolute atomic E-state index is 13.6. The van der Waals surface area contributed by atoms with Gasteiger partial charge in [0.2, 0.25) is 0 Å². The topological polar surface area (TPSA) is 125 Å². The Morgan fingerprint density at radius 2 is 1.71 bits per heavy atom. The highest BCUT2D eigenvalue weighted by Gasteiger charge is 2.31. The van der Waals surface area contributed by atoms with Crippen molar-refractivity contribution in [1.82, 2.24) is 19.0 Å². The molecule has 1 aliphatic rings. The monoisotopic (exact) mass is 461 g/mol. The molecular formula is C24H23N5O5. The van der Waals surface area contributed by atoms with E-state index in [4.69, 9.17) is 15.2 Å². The van der Waals surface area contributed by atoms with Gasteiger partial charge in [-0.25, -0.2) is 14.6 Å². The first-order valence-corrected chi connectivity index (χ1v) is 10.7. The molecule has 3 N–H and O–H groups in total. The fraction of sp³-hybridized carbons (Fsp3) is 0.208. The Kier molecular flexibility index (Phi) is 5.33. The first-order valence-electron chi connectivity index (χ1n) is 10.7. The zero-order valence-electron chi connectivity index (χ0n) is 18.4. The van der Waals surface area contributed by atoms with Crippen LogP contribution in [0.5, 0.6) is 17.2 Å². The van der Waals surface area contributed by atoms with Crippen molar-refractivity contribution in [2.24, 2.45) is 0 Å². The minimum atomic E-state index is -0.993. The predicted octanol–water partition coefficient (Wildman–Crippen LogP) is 3.50. The predicted molar refractivity (Wildman–Crippen MR) is 126 cm³/mol. The maximum atomic E-state index is 13.6. The van der Waals surface area contributed by atoms with Crippen LogP contribution in [-0.2, 0) is 0 Å². The fourth-order valence-electron chi connectivity index (χ4n) is 4.35. The van der Waals surface area contributed by atoms with Crippen molar-refractivity contribution >= 4 is 22.9 Å². The number of likely N-dealkylation sites (tertiary alicyclic amines) is 1. The SMILES string of the molecule is COc1ccc(Oc2ccc(-n3c(=O)n([C@@H]4CCN(C(=O)O)C4)c4ccnc(N)c43)cc2)cc1. The lowest BCUT2D eigenvalue weighted by molar-refractivity contribution is 0.154. The van der Waals surface area contributed by atoms with Gasteiger partial charge in [-0.05, 0) is 61.0 Å². The Morgan fingerprint density at radius 1 is 1.06 bits per heavy atom. The van der Waals surface area contributed by atoms with Gasteiger partial charge >= 0.3 is 11.8 Å². The van der Waals surface area contributed by atoms with Crippen molar-refractivity contribution in [3.63, 3.8) is 0 Å². The molecule has 1 saturated heterocycles. The molecule has 1 atom stereocenters. The van der Waals surface area contributed by atoms with Crippen LogP contribution < -0.4 is 20.9 Å². The maximum Gasteiger partial charge on any atom is 0.407 e. The van der Waals surface area contributed by atoms with Gasteiger partial charge in [-0.3, -0.25) is 9.13 Å². The van der Waals surface area contributed by atoms with Crippen molar-refractivity contribution in [2.45, 2.75) is 12.5 Å². The highest BCUT2D eigenvalue weighted by atomic mass is 16.5. The number of methoxy groups -OCH3 is 1. The molecule has 0 aliphatic carbocycles. The summed E-state index contributed by atoms with van der Waals surface area (Å²) in [6.07, 6.45) is 1.10. The number of pyridine rings is 1. The number of nitrogens with two attached hydrogens (primary N) is 1. The van der Waals surface area contributed by atoms with Crippen molar-refractivity contribution in [2.75, 3.05) is 25.9 Å². The van der Waals surface area contributed by atoms with E-state index < -0.39 is 6.09 Å². The minimum Gasteiger partial charge on any atom is -0.497 e. The lowest BCUT2D eigenvalue weighted by Crippen LogP contribution is -2.31. The molecule has 0 bridgehead atoms. The number of aromatic nitrogens is 3. The number of fused-ring (bicyclic) bond motifs is 1. The summed E-state index contributed by atoms with van der Waals surface area (Å²) in [5, 5.41) is 9.33. The Hall–Kier alpha value is -4.47. The summed E-state index contributed by atoms with van der Waals surface area (Å²) in [5.74, 6) is 2.21. The largest absolute Gasteiger partial charge is 0.497 e. The normalized spacial score (nSPS) is 15.6. The molecule has 3 heterocycles. The molecule has 0 saturated carbocycles. The molecule has 0 unspecified atom stereocenters. The molecule has 0 spiro atoms. The van der Waals surface area contributed by atoms with Crippen LogP contribution in [0, 0.1) is 0 Å². The summed E-state index contributed by atoms with van der Waals surface area (Å²) in [7, 11) is 1.60. The van der Waals surface area contributed by atoms with E-state index in [1.54, 1.807) is 60.3 Å². The molecule has 10 nitrogen and oxygen atoms in total. The molecule has 174 valence electrons. The summed E-state index contributed by atoms with van der Waals surface area (Å²) >= 11 is 0. The van der Waals surface area contributed by atoms with E-state index in [2.05, 4.69) is 4.98 Å². The fourth-order valence-corrected chi connectivity index (χ4v) is 4.35. The Balaban J connectivity index is 1.51. The van der Waals surface area contributed by atoms with Crippen molar-refractivity contribution in [3.05, 3.63) is 71.3 Å². The summed E-state index contributed by atoms with van der Waals surface area (Å²) in [6, 6.07) is 15.8. The van der Waals surface area contributed by atoms with Crippen molar-refractivity contribution < 1.29 is 19.4 Å². The van der Waals surface area contributed by atoms with Gasteiger partial charge in [0, 0.05) is 19.3 Å². The smallest absolute Gasteiger partial charge is 0.407 e. The number of carbonyl (C=O) groups is 1. The zero-order chi connectivity index (χ0) is 23.8. The third-order valence-corrected chi connectivity index (χ3v) is 6.00. The van der Waals surface area contributed by atoms with E-state index in [1.165, 1.54) is 9.47 Å². The van der Waals surface area contributed by atoms with E-state index >= 15 is 0 Å². The minimum absolute atomic E-state index is 0.222. The number of hydrogen-bond donors (Lipinski definition) is 2. The molecule has 5 rings (SSSR count).